The van der Waals surface area contributed by atoms with Crippen LogP contribution >= 0.6 is 0 Å². The number of hydrogen-bond donors (Lipinski definition) is 4. The Bertz CT molecular complexity index is 268. The SMILES string of the molecule is CC(C)(CCO)C(=O)NN.CCCCNC(=O)CCC. The van der Waals surface area contributed by atoms with Crippen molar-refractivity contribution in [3.63, 3.8) is 0 Å². The summed E-state index contributed by atoms with van der Waals surface area (Å²) in [5.41, 5.74) is 1.47. The number of aliphatic hydroxyl groups is 1. The van der Waals surface area contributed by atoms with Gasteiger partial charge < -0.3 is 10.4 Å². The van der Waals surface area contributed by atoms with Gasteiger partial charge in [-0.25, -0.2) is 5.84 Å². The first-order valence-electron chi connectivity index (χ1n) is 7.24. The van der Waals surface area contributed by atoms with Crippen LogP contribution in [0.15, 0.2) is 0 Å². The van der Waals surface area contributed by atoms with Crippen molar-refractivity contribution >= 4 is 11.8 Å². The molecular weight excluding hydrogens is 258 g/mol. The van der Waals surface area contributed by atoms with E-state index in [1.165, 1.54) is 0 Å². The lowest BCUT2D eigenvalue weighted by Crippen LogP contribution is -2.41. The molecular formula is C14H31N3O3. The average Bonchev–Trinajstić information content (AvgIpc) is 2.39. The van der Waals surface area contributed by atoms with E-state index in [0.717, 1.165) is 25.8 Å². The zero-order chi connectivity index (χ0) is 16.0. The summed E-state index contributed by atoms with van der Waals surface area (Å²) in [7, 11) is 0. The van der Waals surface area contributed by atoms with E-state index in [1.807, 2.05) is 12.3 Å². The van der Waals surface area contributed by atoms with E-state index >= 15 is 0 Å². The Balaban J connectivity index is 0. The van der Waals surface area contributed by atoms with Crippen LogP contribution in [-0.4, -0.2) is 30.1 Å². The van der Waals surface area contributed by atoms with Crippen LogP contribution in [0.1, 0.15) is 59.8 Å². The van der Waals surface area contributed by atoms with Gasteiger partial charge in [-0.3, -0.25) is 15.0 Å². The van der Waals surface area contributed by atoms with Crippen molar-refractivity contribution in [2.24, 2.45) is 11.3 Å². The Morgan fingerprint density at radius 1 is 1.20 bits per heavy atom. The molecule has 0 aliphatic rings. The van der Waals surface area contributed by atoms with Crippen LogP contribution in [0.4, 0.5) is 0 Å². The lowest BCUT2D eigenvalue weighted by atomic mass is 9.89. The van der Waals surface area contributed by atoms with E-state index in [9.17, 15) is 9.59 Å². The summed E-state index contributed by atoms with van der Waals surface area (Å²) < 4.78 is 0. The number of aliphatic hydroxyl groups excluding tert-OH is 1. The zero-order valence-electron chi connectivity index (χ0n) is 13.3. The van der Waals surface area contributed by atoms with Crippen molar-refractivity contribution in [1.82, 2.24) is 10.7 Å². The number of carbonyl (C=O) groups is 2. The van der Waals surface area contributed by atoms with Gasteiger partial charge >= 0.3 is 0 Å². The summed E-state index contributed by atoms with van der Waals surface area (Å²) in [6, 6.07) is 0. The topological polar surface area (TPSA) is 104 Å². The highest BCUT2D eigenvalue weighted by molar-refractivity contribution is 5.81. The van der Waals surface area contributed by atoms with E-state index in [0.29, 0.717) is 12.8 Å². The molecule has 0 aliphatic carbocycles. The molecule has 0 bridgehead atoms. The first kappa shape index (κ1) is 21.2. The molecule has 0 radical (unpaired) electrons. The van der Waals surface area contributed by atoms with Gasteiger partial charge in [0, 0.05) is 25.0 Å². The van der Waals surface area contributed by atoms with Crippen molar-refractivity contribution in [2.45, 2.75) is 59.8 Å². The number of carbonyl (C=O) groups excluding carboxylic acids is 2. The number of hydrogen-bond acceptors (Lipinski definition) is 4. The van der Waals surface area contributed by atoms with Gasteiger partial charge in [0.1, 0.15) is 0 Å². The molecule has 0 heterocycles. The monoisotopic (exact) mass is 289 g/mol. The third kappa shape index (κ3) is 11.9. The second-order valence-corrected chi connectivity index (χ2v) is 5.28. The fraction of sp³-hybridized carbons (Fsp3) is 0.857. The molecule has 0 aromatic heterocycles. The smallest absolute Gasteiger partial charge is 0.239 e. The summed E-state index contributed by atoms with van der Waals surface area (Å²) in [6.07, 6.45) is 4.28. The Labute approximate surface area is 122 Å². The molecule has 5 N–H and O–H groups in total. The predicted molar refractivity (Wildman–Crippen MR) is 80.6 cm³/mol. The Kier molecular flexibility index (Phi) is 13.6. The number of nitrogens with two attached hydrogens (primary N) is 1. The lowest BCUT2D eigenvalue weighted by molar-refractivity contribution is -0.130. The molecule has 0 spiro atoms. The van der Waals surface area contributed by atoms with Crippen LogP contribution in [0.25, 0.3) is 0 Å². The molecule has 0 saturated carbocycles. The summed E-state index contributed by atoms with van der Waals surface area (Å²) in [5.74, 6) is 4.85. The largest absolute Gasteiger partial charge is 0.396 e. The maximum Gasteiger partial charge on any atom is 0.239 e. The van der Waals surface area contributed by atoms with Crippen LogP contribution < -0.4 is 16.6 Å². The van der Waals surface area contributed by atoms with Gasteiger partial charge in [-0.05, 0) is 19.3 Å². The quantitative estimate of drug-likeness (QED) is 0.232. The first-order chi connectivity index (χ1) is 9.35. The Morgan fingerprint density at radius 3 is 2.20 bits per heavy atom. The molecule has 0 aromatic rings. The molecule has 120 valence electrons. The highest BCUT2D eigenvalue weighted by atomic mass is 16.3. The summed E-state index contributed by atoms with van der Waals surface area (Å²) >= 11 is 0. The van der Waals surface area contributed by atoms with Gasteiger partial charge in [-0.2, -0.15) is 0 Å². The van der Waals surface area contributed by atoms with Gasteiger partial charge in [0.2, 0.25) is 11.8 Å². The molecule has 0 atom stereocenters. The molecule has 20 heavy (non-hydrogen) atoms. The number of rotatable bonds is 8. The van der Waals surface area contributed by atoms with Crippen LogP contribution in [0.3, 0.4) is 0 Å². The molecule has 6 nitrogen and oxygen atoms in total. The van der Waals surface area contributed by atoms with Crippen molar-refractivity contribution in [2.75, 3.05) is 13.2 Å². The third-order valence-electron chi connectivity index (χ3n) is 2.81. The maximum atomic E-state index is 10.9. The second kappa shape index (κ2) is 12.9. The fourth-order valence-corrected chi connectivity index (χ4v) is 1.31. The highest BCUT2D eigenvalue weighted by Gasteiger charge is 2.25. The Hall–Kier alpha value is -1.14. The first-order valence-corrected chi connectivity index (χ1v) is 7.24. The molecule has 0 aromatic carbocycles. The van der Waals surface area contributed by atoms with Crippen LogP contribution in [0, 0.1) is 5.41 Å². The number of unbranched alkanes of at least 4 members (excludes halogenated alkanes) is 1. The third-order valence-corrected chi connectivity index (χ3v) is 2.81. The van der Waals surface area contributed by atoms with Crippen LogP contribution in [0.2, 0.25) is 0 Å². The van der Waals surface area contributed by atoms with E-state index in [2.05, 4.69) is 12.2 Å². The Morgan fingerprint density at radius 2 is 1.80 bits per heavy atom. The predicted octanol–water partition coefficient (Wildman–Crippen LogP) is 1.09. The van der Waals surface area contributed by atoms with E-state index in [4.69, 9.17) is 10.9 Å². The van der Waals surface area contributed by atoms with Crippen molar-refractivity contribution in [3.05, 3.63) is 0 Å². The van der Waals surface area contributed by atoms with E-state index in [-0.39, 0.29) is 18.4 Å². The second-order valence-electron chi connectivity index (χ2n) is 5.28. The van der Waals surface area contributed by atoms with Gasteiger partial charge in [0.15, 0.2) is 0 Å². The van der Waals surface area contributed by atoms with Gasteiger partial charge in [-0.15, -0.1) is 0 Å². The molecule has 0 rings (SSSR count). The number of hydrazine groups is 1. The molecule has 2 amide bonds. The minimum atomic E-state index is -0.566. The molecule has 0 saturated heterocycles. The normalized spacial score (nSPS) is 10.3. The van der Waals surface area contributed by atoms with Crippen molar-refractivity contribution in [3.8, 4) is 0 Å². The zero-order valence-corrected chi connectivity index (χ0v) is 13.3. The van der Waals surface area contributed by atoms with Crippen LogP contribution in [-0.2, 0) is 9.59 Å². The highest BCUT2D eigenvalue weighted by Crippen LogP contribution is 2.18. The van der Waals surface area contributed by atoms with Gasteiger partial charge in [0.25, 0.3) is 0 Å². The average molecular weight is 289 g/mol. The van der Waals surface area contributed by atoms with Crippen molar-refractivity contribution in [1.29, 1.82) is 0 Å². The number of amides is 2. The van der Waals surface area contributed by atoms with E-state index < -0.39 is 5.41 Å². The molecule has 6 heteroatoms. The molecule has 0 aliphatic heterocycles. The van der Waals surface area contributed by atoms with Gasteiger partial charge in [-0.1, -0.05) is 34.1 Å². The van der Waals surface area contributed by atoms with Gasteiger partial charge in [0.05, 0.1) is 0 Å². The lowest BCUT2D eigenvalue weighted by Gasteiger charge is -2.20. The summed E-state index contributed by atoms with van der Waals surface area (Å²) in [6.45, 7) is 8.43. The number of nitrogens with one attached hydrogen (secondary N) is 2. The van der Waals surface area contributed by atoms with Crippen molar-refractivity contribution < 1.29 is 14.7 Å². The fourth-order valence-electron chi connectivity index (χ4n) is 1.31. The minimum absolute atomic E-state index is 0.000417. The molecule has 0 fully saturated rings. The maximum absolute atomic E-state index is 10.9. The van der Waals surface area contributed by atoms with Crippen LogP contribution in [0.5, 0.6) is 0 Å². The summed E-state index contributed by atoms with van der Waals surface area (Å²) in [5, 5.41) is 11.4. The van der Waals surface area contributed by atoms with E-state index in [1.54, 1.807) is 13.8 Å². The minimum Gasteiger partial charge on any atom is -0.396 e. The standard InChI is InChI=1S/C8H17NO.C6H14N2O2/c1-3-5-7-9-8(10)6-4-2;1-6(2,3-4-9)5(10)8-7/h3-7H2,1-2H3,(H,9,10);9H,3-4,7H2,1-2H3,(H,8,10). The summed E-state index contributed by atoms with van der Waals surface area (Å²) in [4.78, 5) is 21.7. The molecule has 0 unspecified atom stereocenters.